The minimum absolute atomic E-state index is 0.00473. The first-order valence-corrected chi connectivity index (χ1v) is 13.7. The van der Waals surface area contributed by atoms with Gasteiger partial charge in [-0.2, -0.15) is 13.2 Å². The summed E-state index contributed by atoms with van der Waals surface area (Å²) < 4.78 is 58.7. The lowest BCUT2D eigenvalue weighted by atomic mass is 9.74. The van der Waals surface area contributed by atoms with E-state index >= 15 is 0 Å². The van der Waals surface area contributed by atoms with Crippen molar-refractivity contribution in [3.63, 3.8) is 0 Å². The second kappa shape index (κ2) is 9.91. The van der Waals surface area contributed by atoms with Gasteiger partial charge < -0.3 is 29.0 Å². The van der Waals surface area contributed by atoms with Crippen molar-refractivity contribution in [2.75, 3.05) is 13.1 Å². The molecule has 8 nitrogen and oxygen atoms in total. The molecule has 2 saturated heterocycles. The Balaban J connectivity index is 1.76. The molecule has 2 atom stereocenters. The van der Waals surface area contributed by atoms with Crippen molar-refractivity contribution in [2.45, 2.75) is 116 Å². The van der Waals surface area contributed by atoms with Crippen molar-refractivity contribution in [1.29, 1.82) is 0 Å². The Hall–Kier alpha value is -2.31. The van der Waals surface area contributed by atoms with E-state index in [4.69, 9.17) is 14.0 Å². The van der Waals surface area contributed by atoms with Gasteiger partial charge in [-0.05, 0) is 96.8 Å². The van der Waals surface area contributed by atoms with Gasteiger partial charge in [-0.3, -0.25) is 4.79 Å². The zero-order chi connectivity index (χ0) is 30.1. The molecule has 222 valence electrons. The molecule has 1 N–H and O–H groups in total. The highest BCUT2D eigenvalue weighted by Gasteiger charge is 2.57. The first-order valence-electron chi connectivity index (χ1n) is 13.7. The summed E-state index contributed by atoms with van der Waals surface area (Å²) >= 11 is 0. The third-order valence-corrected chi connectivity index (χ3v) is 8.42. The average Bonchev–Trinajstić information content (AvgIpc) is 3.37. The molecule has 3 aliphatic rings. The number of nitrogens with zero attached hydrogens (tertiary/aromatic N) is 2. The van der Waals surface area contributed by atoms with E-state index in [1.165, 1.54) is 0 Å². The van der Waals surface area contributed by atoms with Crippen LogP contribution in [0, 0.1) is 0 Å². The van der Waals surface area contributed by atoms with Crippen molar-refractivity contribution in [1.82, 2.24) is 9.80 Å². The molecule has 40 heavy (non-hydrogen) atoms. The molecule has 3 heterocycles. The van der Waals surface area contributed by atoms with Crippen LogP contribution in [0.4, 0.5) is 18.0 Å². The molecule has 1 aromatic carbocycles. The molecule has 12 heteroatoms. The summed E-state index contributed by atoms with van der Waals surface area (Å²) in [5, 5.41) is 10.1. The van der Waals surface area contributed by atoms with Crippen LogP contribution in [0.5, 0.6) is 0 Å². The Bertz CT molecular complexity index is 1160. The van der Waals surface area contributed by atoms with E-state index in [2.05, 4.69) is 0 Å². The van der Waals surface area contributed by atoms with E-state index in [9.17, 15) is 27.9 Å². The lowest BCUT2D eigenvalue weighted by molar-refractivity contribution is -0.250. The lowest BCUT2D eigenvalue weighted by Gasteiger charge is -2.37. The largest absolute Gasteiger partial charge is 0.494 e. The van der Waals surface area contributed by atoms with Crippen LogP contribution in [-0.4, -0.2) is 75.7 Å². The molecular weight excluding hydrogens is 528 g/mol. The van der Waals surface area contributed by atoms with Crippen LogP contribution >= 0.6 is 0 Å². The highest BCUT2D eigenvalue weighted by Crippen LogP contribution is 2.41. The number of carbonyl (C=O) groups excluding carboxylic acids is 2. The molecule has 1 aromatic rings. The van der Waals surface area contributed by atoms with E-state index in [-0.39, 0.29) is 19.5 Å². The van der Waals surface area contributed by atoms with Gasteiger partial charge in [0.1, 0.15) is 5.60 Å². The Morgan fingerprint density at radius 3 is 2.20 bits per heavy atom. The van der Waals surface area contributed by atoms with Crippen molar-refractivity contribution >= 4 is 24.6 Å². The standard InChI is InChI=1S/C28H40BF3N2O6/c1-24(2,3)38-23(36)34-12-9-10-21(34)19-15-18(29-39-25(4,5)26(6,7)40-29)14-17-11-13-33(16-20(17)19)22(35)27(8,37)28(30,31)32/h14-15,21,37H,9-13,16H2,1-8H3/t21-,27-/m0/s1. The van der Waals surface area contributed by atoms with E-state index in [0.717, 1.165) is 21.5 Å². The molecule has 3 aliphatic heterocycles. The highest BCUT2D eigenvalue weighted by molar-refractivity contribution is 6.62. The van der Waals surface area contributed by atoms with E-state index in [0.29, 0.717) is 31.9 Å². The highest BCUT2D eigenvalue weighted by atomic mass is 19.4. The number of amides is 2. The summed E-state index contributed by atoms with van der Waals surface area (Å²) in [5.74, 6) is -1.40. The van der Waals surface area contributed by atoms with Gasteiger partial charge in [0, 0.05) is 19.6 Å². The number of aliphatic hydroxyl groups is 1. The van der Waals surface area contributed by atoms with Gasteiger partial charge in [0.15, 0.2) is 0 Å². The predicted molar refractivity (Wildman–Crippen MR) is 143 cm³/mol. The average molecular weight is 568 g/mol. The second-order valence-corrected chi connectivity index (χ2v) is 13.2. The minimum Gasteiger partial charge on any atom is -0.444 e. The number of carbonyl (C=O) groups is 2. The number of rotatable bonds is 3. The fourth-order valence-electron chi connectivity index (χ4n) is 5.37. The topological polar surface area (TPSA) is 88.5 Å². The number of hydrogen-bond acceptors (Lipinski definition) is 6. The molecule has 0 aromatic heterocycles. The van der Waals surface area contributed by atoms with Crippen LogP contribution in [0.15, 0.2) is 12.1 Å². The van der Waals surface area contributed by atoms with Crippen molar-refractivity contribution in [3.8, 4) is 0 Å². The summed E-state index contributed by atoms with van der Waals surface area (Å²) in [5.41, 5.74) is -2.43. The lowest BCUT2D eigenvalue weighted by Crippen LogP contribution is -2.57. The monoisotopic (exact) mass is 568 g/mol. The molecular formula is C28H40BF3N2O6. The van der Waals surface area contributed by atoms with E-state index < -0.39 is 53.7 Å². The first kappa shape index (κ1) is 30.6. The number of halogens is 3. The van der Waals surface area contributed by atoms with Crippen molar-refractivity contribution < 1.29 is 41.9 Å². The summed E-state index contributed by atoms with van der Waals surface area (Å²) in [4.78, 5) is 28.7. The van der Waals surface area contributed by atoms with E-state index in [1.807, 2.05) is 39.8 Å². The maximum absolute atomic E-state index is 13.5. The van der Waals surface area contributed by atoms with Gasteiger partial charge in [0.25, 0.3) is 5.91 Å². The molecule has 2 amide bonds. The number of fused-ring (bicyclic) bond motifs is 1. The fourth-order valence-corrected chi connectivity index (χ4v) is 5.37. The van der Waals surface area contributed by atoms with Gasteiger partial charge in [-0.15, -0.1) is 0 Å². The summed E-state index contributed by atoms with van der Waals surface area (Å²) in [6, 6.07) is 3.38. The molecule has 0 unspecified atom stereocenters. The quantitative estimate of drug-likeness (QED) is 0.549. The minimum atomic E-state index is -5.12. The van der Waals surface area contributed by atoms with Gasteiger partial charge in [-0.25, -0.2) is 4.79 Å². The Kier molecular flexibility index (Phi) is 7.59. The third kappa shape index (κ3) is 5.59. The van der Waals surface area contributed by atoms with E-state index in [1.54, 1.807) is 25.7 Å². The van der Waals surface area contributed by atoms with Crippen LogP contribution in [0.25, 0.3) is 0 Å². The molecule has 0 bridgehead atoms. The van der Waals surface area contributed by atoms with Crippen molar-refractivity contribution in [2.24, 2.45) is 0 Å². The number of likely N-dealkylation sites (tertiary alicyclic amines) is 1. The number of benzene rings is 1. The number of ether oxygens (including phenoxy) is 1. The second-order valence-electron chi connectivity index (χ2n) is 13.2. The number of alkyl halides is 3. The smallest absolute Gasteiger partial charge is 0.444 e. The van der Waals surface area contributed by atoms with Crippen LogP contribution in [0.1, 0.15) is 91.0 Å². The first-order chi connectivity index (χ1) is 18.1. The molecule has 0 aliphatic carbocycles. The summed E-state index contributed by atoms with van der Waals surface area (Å²) in [6.07, 6.45) is -3.99. The van der Waals surface area contributed by atoms with Gasteiger partial charge in [0.05, 0.1) is 17.2 Å². The van der Waals surface area contributed by atoms with Gasteiger partial charge in [-0.1, -0.05) is 12.1 Å². The normalized spacial score (nSPS) is 24.1. The molecule has 0 spiro atoms. The Labute approximate surface area is 234 Å². The maximum atomic E-state index is 13.5. The van der Waals surface area contributed by atoms with Crippen molar-refractivity contribution in [3.05, 3.63) is 28.8 Å². The summed E-state index contributed by atoms with van der Waals surface area (Å²) in [7, 11) is -0.684. The third-order valence-electron chi connectivity index (χ3n) is 8.42. The van der Waals surface area contributed by atoms with Gasteiger partial charge in [0.2, 0.25) is 5.60 Å². The number of hydrogen-bond donors (Lipinski definition) is 1. The van der Waals surface area contributed by atoms with Crippen LogP contribution < -0.4 is 5.46 Å². The molecule has 4 rings (SSSR count). The molecule has 0 radical (unpaired) electrons. The maximum Gasteiger partial charge on any atom is 0.494 e. The fraction of sp³-hybridized carbons (Fsp3) is 0.714. The van der Waals surface area contributed by atoms with Gasteiger partial charge >= 0.3 is 19.4 Å². The Morgan fingerprint density at radius 2 is 1.65 bits per heavy atom. The molecule has 2 fully saturated rings. The Morgan fingerprint density at radius 1 is 1.05 bits per heavy atom. The SMILES string of the molecule is CC(C)(C)OC(=O)N1CCC[C@H]1c1cc(B2OC(C)(C)C(C)(C)O2)cc2c1CN(C(=O)[C@](C)(O)C(F)(F)F)CC2. The van der Waals surface area contributed by atoms with Crippen LogP contribution in [0.3, 0.4) is 0 Å². The van der Waals surface area contributed by atoms with Crippen LogP contribution in [0.2, 0.25) is 0 Å². The van der Waals surface area contributed by atoms with Crippen LogP contribution in [-0.2, 0) is 31.8 Å². The zero-order valence-electron chi connectivity index (χ0n) is 24.6. The zero-order valence-corrected chi connectivity index (χ0v) is 24.6. The summed E-state index contributed by atoms with van der Waals surface area (Å²) in [6.45, 7) is 14.0. The predicted octanol–water partition coefficient (Wildman–Crippen LogP) is 4.26. The molecule has 0 saturated carbocycles.